The molecule has 2 aromatic heterocycles. The lowest BCUT2D eigenvalue weighted by molar-refractivity contribution is 0.753. The quantitative estimate of drug-likeness (QED) is 0.168. The maximum atomic E-state index is 14.5. The van der Waals surface area contributed by atoms with Crippen molar-refractivity contribution < 1.29 is 0 Å². The fraction of sp³-hybridized carbons (Fsp3) is 0.0179. The molecule has 11 aromatic rings. The van der Waals surface area contributed by atoms with E-state index in [-0.39, 0.29) is 5.56 Å². The highest BCUT2D eigenvalue weighted by atomic mass is 16.1. The van der Waals surface area contributed by atoms with Crippen LogP contribution in [0.15, 0.2) is 211 Å². The van der Waals surface area contributed by atoms with Gasteiger partial charge in [-0.25, -0.2) is 0 Å². The molecule has 9 aromatic carbocycles. The van der Waals surface area contributed by atoms with Gasteiger partial charge in [-0.3, -0.25) is 9.20 Å². The zero-order valence-corrected chi connectivity index (χ0v) is 31.9. The van der Waals surface area contributed by atoms with Crippen molar-refractivity contribution in [3.05, 3.63) is 239 Å². The van der Waals surface area contributed by atoms with Gasteiger partial charge in [0.05, 0.1) is 27.8 Å². The molecule has 3 heterocycles. The lowest BCUT2D eigenvalue weighted by Crippen LogP contribution is -2.36. The van der Waals surface area contributed by atoms with Crippen LogP contribution in [0.1, 0.15) is 22.3 Å². The molecule has 3 nitrogen and oxygen atoms in total. The van der Waals surface area contributed by atoms with Gasteiger partial charge >= 0.3 is 0 Å². The summed E-state index contributed by atoms with van der Waals surface area (Å²) in [5.74, 6) is 0. The Kier molecular flexibility index (Phi) is 6.52. The highest BCUT2D eigenvalue weighted by Gasteiger charge is 2.52. The van der Waals surface area contributed by atoms with Gasteiger partial charge in [0.2, 0.25) is 0 Å². The van der Waals surface area contributed by atoms with Crippen LogP contribution in [-0.2, 0) is 5.41 Å². The first kappa shape index (κ1) is 32.3. The molecule has 0 atom stereocenters. The summed E-state index contributed by atoms with van der Waals surface area (Å²) in [6.07, 6.45) is 0. The van der Waals surface area contributed by atoms with Crippen LogP contribution in [0.4, 0.5) is 17.1 Å². The van der Waals surface area contributed by atoms with Gasteiger partial charge in [-0.05, 0) is 103 Å². The average Bonchev–Trinajstić information content (AvgIpc) is 3.80. The van der Waals surface area contributed by atoms with Crippen LogP contribution in [0.3, 0.4) is 0 Å². The van der Waals surface area contributed by atoms with Crippen molar-refractivity contribution in [1.29, 1.82) is 0 Å². The van der Waals surface area contributed by atoms with Crippen molar-refractivity contribution in [1.82, 2.24) is 4.40 Å². The summed E-state index contributed by atoms with van der Waals surface area (Å²) in [6, 6.07) is 74.5. The Hall–Kier alpha value is -7.75. The Morgan fingerprint density at radius 2 is 0.932 bits per heavy atom. The van der Waals surface area contributed by atoms with E-state index < -0.39 is 5.41 Å². The molecule has 0 N–H and O–H groups in total. The average molecular weight is 751 g/mol. The number of fused-ring (bicyclic) bond motifs is 15. The van der Waals surface area contributed by atoms with Gasteiger partial charge in [0.1, 0.15) is 0 Å². The van der Waals surface area contributed by atoms with Crippen LogP contribution in [0.25, 0.3) is 71.3 Å². The van der Waals surface area contributed by atoms with E-state index in [0.717, 1.165) is 55.0 Å². The summed E-state index contributed by atoms with van der Waals surface area (Å²) in [4.78, 5) is 17.0. The fourth-order valence-electron chi connectivity index (χ4n) is 10.8. The molecule has 0 unspecified atom stereocenters. The molecule has 59 heavy (non-hydrogen) atoms. The molecule has 0 saturated carbocycles. The number of para-hydroxylation sites is 3. The molecule has 1 aliphatic carbocycles. The molecule has 0 bridgehead atoms. The standard InChI is InChI=1S/C56H34N2O/c59-55-42-21-8-7-20-40(42)41-23-15-24-44-53-51(58(55)54(41)44)31-30-48-52(53)43-22-9-10-25-45(43)56(48)46-26-11-13-28-49(46)57(50-29-14-12-27-47(50)56)39-33-37(35-16-3-1-4-17-35)32-38(34-39)36-18-5-2-6-19-36/h1-34H. The van der Waals surface area contributed by atoms with Crippen LogP contribution in [0.2, 0.25) is 0 Å². The normalized spacial score (nSPS) is 13.6. The molecule has 0 radical (unpaired) electrons. The van der Waals surface area contributed by atoms with Crippen molar-refractivity contribution in [3.8, 4) is 33.4 Å². The monoisotopic (exact) mass is 750 g/mol. The zero-order valence-electron chi connectivity index (χ0n) is 31.9. The minimum absolute atomic E-state index is 0.0249. The predicted octanol–water partition coefficient (Wildman–Crippen LogP) is 13.7. The van der Waals surface area contributed by atoms with Crippen molar-refractivity contribution in [2.75, 3.05) is 4.90 Å². The summed E-state index contributed by atoms with van der Waals surface area (Å²) in [5, 5.41) is 5.07. The Bertz CT molecular complexity index is 3480. The zero-order chi connectivity index (χ0) is 38.8. The third-order valence-corrected chi connectivity index (χ3v) is 13.1. The van der Waals surface area contributed by atoms with Gasteiger partial charge in [0.15, 0.2) is 0 Å². The van der Waals surface area contributed by atoms with Crippen LogP contribution < -0.4 is 10.5 Å². The topological polar surface area (TPSA) is 24.7 Å². The van der Waals surface area contributed by atoms with E-state index in [1.807, 2.05) is 22.6 Å². The second-order valence-electron chi connectivity index (χ2n) is 15.9. The number of rotatable bonds is 3. The van der Waals surface area contributed by atoms with Gasteiger partial charge in [0.25, 0.3) is 5.56 Å². The van der Waals surface area contributed by atoms with E-state index in [1.165, 1.54) is 55.6 Å². The second kappa shape index (κ2) is 11.9. The fourth-order valence-corrected chi connectivity index (χ4v) is 10.8. The van der Waals surface area contributed by atoms with E-state index in [2.05, 4.69) is 193 Å². The van der Waals surface area contributed by atoms with E-state index in [4.69, 9.17) is 0 Å². The minimum atomic E-state index is -0.623. The van der Waals surface area contributed by atoms with Gasteiger partial charge in [-0.1, -0.05) is 164 Å². The molecule has 13 rings (SSSR count). The highest BCUT2D eigenvalue weighted by Crippen LogP contribution is 2.65. The second-order valence-corrected chi connectivity index (χ2v) is 15.9. The SMILES string of the molecule is O=c1c2ccccc2c2cccc3c4c5c(ccc4n1c23)C1(c2ccccc2-5)c2ccccc2N(c2cc(-c3ccccc3)cc(-c3ccccc3)c2)c2ccccc21. The van der Waals surface area contributed by atoms with Crippen molar-refractivity contribution >= 4 is 55.0 Å². The summed E-state index contributed by atoms with van der Waals surface area (Å²) in [6.45, 7) is 0. The first-order valence-corrected chi connectivity index (χ1v) is 20.3. The van der Waals surface area contributed by atoms with Gasteiger partial charge in [0, 0.05) is 27.2 Å². The van der Waals surface area contributed by atoms with Crippen molar-refractivity contribution in [2.45, 2.75) is 5.41 Å². The molecular weight excluding hydrogens is 717 g/mol. The third kappa shape index (κ3) is 4.18. The Balaban J connectivity index is 1.14. The number of aromatic nitrogens is 1. The molecule has 0 fully saturated rings. The number of hydrogen-bond donors (Lipinski definition) is 0. The summed E-state index contributed by atoms with van der Waals surface area (Å²) in [7, 11) is 0. The molecule has 3 heteroatoms. The molecule has 1 spiro atoms. The third-order valence-electron chi connectivity index (χ3n) is 13.1. The smallest absolute Gasteiger partial charge is 0.263 e. The largest absolute Gasteiger partial charge is 0.310 e. The maximum Gasteiger partial charge on any atom is 0.263 e. The van der Waals surface area contributed by atoms with Crippen LogP contribution in [0.5, 0.6) is 0 Å². The van der Waals surface area contributed by atoms with Crippen LogP contribution in [-0.4, -0.2) is 4.40 Å². The number of nitrogens with zero attached hydrogens (tertiary/aromatic N) is 2. The molecule has 1 aliphatic heterocycles. The highest BCUT2D eigenvalue weighted by molar-refractivity contribution is 6.24. The van der Waals surface area contributed by atoms with E-state index in [9.17, 15) is 4.79 Å². The number of benzene rings is 9. The van der Waals surface area contributed by atoms with Gasteiger partial charge < -0.3 is 4.90 Å². The predicted molar refractivity (Wildman–Crippen MR) is 244 cm³/mol. The molecular formula is C56H34N2O. The Morgan fingerprint density at radius 1 is 0.390 bits per heavy atom. The molecule has 0 saturated heterocycles. The first-order chi connectivity index (χ1) is 29.2. The van der Waals surface area contributed by atoms with Crippen LogP contribution >= 0.6 is 0 Å². The summed E-state index contributed by atoms with van der Waals surface area (Å²) >= 11 is 0. The maximum absolute atomic E-state index is 14.5. The summed E-state index contributed by atoms with van der Waals surface area (Å²) < 4.78 is 1.98. The number of anilines is 3. The van der Waals surface area contributed by atoms with Crippen molar-refractivity contribution in [3.63, 3.8) is 0 Å². The van der Waals surface area contributed by atoms with E-state index >= 15 is 0 Å². The Morgan fingerprint density at radius 3 is 1.61 bits per heavy atom. The lowest BCUT2D eigenvalue weighted by atomic mass is 9.64. The minimum Gasteiger partial charge on any atom is -0.310 e. The summed E-state index contributed by atoms with van der Waals surface area (Å²) in [5.41, 5.74) is 16.8. The van der Waals surface area contributed by atoms with Gasteiger partial charge in [-0.2, -0.15) is 0 Å². The van der Waals surface area contributed by atoms with Crippen molar-refractivity contribution in [2.24, 2.45) is 0 Å². The van der Waals surface area contributed by atoms with Gasteiger partial charge in [-0.15, -0.1) is 0 Å². The Labute approximate surface area is 340 Å². The first-order valence-electron chi connectivity index (χ1n) is 20.3. The van der Waals surface area contributed by atoms with E-state index in [1.54, 1.807) is 0 Å². The van der Waals surface area contributed by atoms with Crippen LogP contribution in [0, 0.1) is 0 Å². The molecule has 0 amide bonds. The molecule has 2 aliphatic rings. The number of pyridine rings is 1. The lowest BCUT2D eigenvalue weighted by Gasteiger charge is -2.45. The molecule has 274 valence electrons. The van der Waals surface area contributed by atoms with E-state index in [0.29, 0.717) is 0 Å². The number of hydrogen-bond acceptors (Lipinski definition) is 2.